The van der Waals surface area contributed by atoms with Crippen LogP contribution in [0.4, 0.5) is 8.78 Å². The number of methoxy groups -OCH3 is 2. The van der Waals surface area contributed by atoms with Crippen LogP contribution in [0, 0.1) is 23.0 Å². The van der Waals surface area contributed by atoms with Crippen molar-refractivity contribution in [1.29, 1.82) is 5.26 Å². The number of nitrogens with zero attached hydrogens (tertiary/aromatic N) is 2. The fourth-order valence-corrected chi connectivity index (χ4v) is 4.78. The van der Waals surface area contributed by atoms with Gasteiger partial charge >= 0.3 is 5.97 Å². The molecule has 0 bridgehead atoms. The van der Waals surface area contributed by atoms with E-state index in [2.05, 4.69) is 6.07 Å². The summed E-state index contributed by atoms with van der Waals surface area (Å²) in [6.45, 7) is 3.85. The Morgan fingerprint density at radius 3 is 2.41 bits per heavy atom. The molecule has 1 N–H and O–H groups in total. The van der Waals surface area contributed by atoms with E-state index in [-0.39, 0.29) is 23.5 Å². The molecule has 8 heteroatoms. The number of benzene rings is 3. The van der Waals surface area contributed by atoms with Crippen LogP contribution < -0.4 is 9.47 Å². The first-order chi connectivity index (χ1) is 17.6. The van der Waals surface area contributed by atoms with E-state index in [9.17, 15) is 23.9 Å². The fourth-order valence-electron chi connectivity index (χ4n) is 4.78. The highest BCUT2D eigenvalue weighted by Gasteiger charge is 2.32. The Morgan fingerprint density at radius 2 is 1.76 bits per heavy atom. The summed E-state index contributed by atoms with van der Waals surface area (Å²) in [6, 6.07) is 16.0. The number of carboxylic acids is 1. The number of hydrogen-bond donors (Lipinski definition) is 1. The molecule has 0 amide bonds. The van der Waals surface area contributed by atoms with E-state index in [1.165, 1.54) is 38.5 Å². The van der Waals surface area contributed by atoms with Gasteiger partial charge in [0, 0.05) is 34.7 Å². The van der Waals surface area contributed by atoms with Gasteiger partial charge in [0.25, 0.3) is 0 Å². The highest BCUT2D eigenvalue weighted by atomic mass is 19.1. The zero-order valence-corrected chi connectivity index (χ0v) is 20.9. The molecule has 1 aromatic heterocycles. The molecule has 4 rings (SSSR count). The van der Waals surface area contributed by atoms with Crippen molar-refractivity contribution < 1.29 is 28.2 Å². The highest BCUT2D eigenvalue weighted by Crippen LogP contribution is 2.41. The maximum atomic E-state index is 14.6. The van der Waals surface area contributed by atoms with Crippen LogP contribution in [-0.2, 0) is 11.8 Å². The third kappa shape index (κ3) is 4.73. The lowest BCUT2D eigenvalue weighted by Crippen LogP contribution is -2.22. The van der Waals surface area contributed by atoms with Crippen molar-refractivity contribution in [2.24, 2.45) is 0 Å². The fraction of sp³-hybridized carbons (Fsp3) is 0.241. The van der Waals surface area contributed by atoms with E-state index < -0.39 is 23.0 Å². The van der Waals surface area contributed by atoms with Gasteiger partial charge in [0.15, 0.2) is 11.6 Å². The number of aromatic nitrogens is 1. The first kappa shape index (κ1) is 25.7. The van der Waals surface area contributed by atoms with Gasteiger partial charge in [-0.1, -0.05) is 19.9 Å². The Labute approximate surface area is 213 Å². The van der Waals surface area contributed by atoms with Gasteiger partial charge in [-0.25, -0.2) is 13.6 Å². The van der Waals surface area contributed by atoms with E-state index in [1.54, 1.807) is 30.3 Å². The molecule has 6 nitrogen and oxygen atoms in total. The Hall–Kier alpha value is -4.38. The number of fused-ring (bicyclic) bond motifs is 1. The molecule has 0 aliphatic heterocycles. The van der Waals surface area contributed by atoms with Gasteiger partial charge in [-0.2, -0.15) is 5.26 Å². The van der Waals surface area contributed by atoms with Crippen LogP contribution in [0.3, 0.4) is 0 Å². The lowest BCUT2D eigenvalue weighted by molar-refractivity contribution is 0.0693. The summed E-state index contributed by atoms with van der Waals surface area (Å²) < 4.78 is 41.2. The van der Waals surface area contributed by atoms with E-state index >= 15 is 0 Å². The second-order valence-electron chi connectivity index (χ2n) is 9.38. The van der Waals surface area contributed by atoms with Gasteiger partial charge in [-0.15, -0.1) is 0 Å². The van der Waals surface area contributed by atoms with Crippen molar-refractivity contribution in [3.63, 3.8) is 0 Å². The van der Waals surface area contributed by atoms with Gasteiger partial charge in [0.2, 0.25) is 0 Å². The lowest BCUT2D eigenvalue weighted by atomic mass is 9.82. The van der Waals surface area contributed by atoms with E-state index in [1.807, 2.05) is 18.4 Å². The van der Waals surface area contributed by atoms with Crippen LogP contribution in [0.1, 0.15) is 47.4 Å². The minimum Gasteiger partial charge on any atom is -0.496 e. The summed E-state index contributed by atoms with van der Waals surface area (Å²) in [5.41, 5.74) is 2.83. The minimum atomic E-state index is -1.10. The molecule has 0 atom stereocenters. The smallest absolute Gasteiger partial charge is 0.339 e. The zero-order valence-electron chi connectivity index (χ0n) is 20.9. The largest absolute Gasteiger partial charge is 0.496 e. The molecular formula is C29H26F2N2O4. The molecule has 3 aromatic carbocycles. The Bertz CT molecular complexity index is 1550. The predicted octanol–water partition coefficient (Wildman–Crippen LogP) is 6.41. The molecule has 1 heterocycles. The first-order valence-corrected chi connectivity index (χ1v) is 11.6. The predicted molar refractivity (Wildman–Crippen MR) is 136 cm³/mol. The summed E-state index contributed by atoms with van der Waals surface area (Å²) in [7, 11) is 2.78. The number of aromatic carboxylic acids is 1. The van der Waals surface area contributed by atoms with Crippen molar-refractivity contribution in [1.82, 2.24) is 4.57 Å². The van der Waals surface area contributed by atoms with Gasteiger partial charge < -0.3 is 19.1 Å². The SMILES string of the molecule is COc1cc(-n2c(C(C)(C)CC#N)c(Cc3ccc(C(=O)O)c(OC)c3)c3ccc(F)cc32)ccc1F. The van der Waals surface area contributed by atoms with Crippen molar-refractivity contribution in [3.05, 3.63) is 88.6 Å². The monoisotopic (exact) mass is 504 g/mol. The van der Waals surface area contributed by atoms with Gasteiger partial charge in [-0.05, 0) is 60.0 Å². The second kappa shape index (κ2) is 9.94. The van der Waals surface area contributed by atoms with Crippen molar-refractivity contribution in [2.45, 2.75) is 32.1 Å². The highest BCUT2D eigenvalue weighted by molar-refractivity contribution is 5.91. The molecule has 0 spiro atoms. The van der Waals surface area contributed by atoms with Gasteiger partial charge in [-0.3, -0.25) is 0 Å². The number of ether oxygens (including phenoxy) is 2. The second-order valence-corrected chi connectivity index (χ2v) is 9.38. The third-order valence-electron chi connectivity index (χ3n) is 6.47. The van der Waals surface area contributed by atoms with Crippen molar-refractivity contribution >= 4 is 16.9 Å². The molecule has 0 fully saturated rings. The average molecular weight is 505 g/mol. The van der Waals surface area contributed by atoms with Crippen molar-refractivity contribution in [3.8, 4) is 23.3 Å². The third-order valence-corrected chi connectivity index (χ3v) is 6.47. The molecule has 0 aliphatic carbocycles. The summed E-state index contributed by atoms with van der Waals surface area (Å²) in [4.78, 5) is 11.6. The number of carboxylic acid groups (broad SMARTS) is 1. The zero-order chi connectivity index (χ0) is 26.9. The topological polar surface area (TPSA) is 84.5 Å². The number of hydrogen-bond acceptors (Lipinski definition) is 4. The summed E-state index contributed by atoms with van der Waals surface area (Å²) in [5, 5.41) is 19.8. The molecule has 0 saturated carbocycles. The number of carbonyl (C=O) groups is 1. The minimum absolute atomic E-state index is 0.0374. The molecule has 0 saturated heterocycles. The maximum absolute atomic E-state index is 14.6. The van der Waals surface area contributed by atoms with Crippen LogP contribution in [0.5, 0.6) is 11.5 Å². The number of halogens is 2. The van der Waals surface area contributed by atoms with Crippen LogP contribution in [0.2, 0.25) is 0 Å². The average Bonchev–Trinajstić information content (AvgIpc) is 3.17. The Balaban J connectivity index is 2.05. The molecule has 190 valence electrons. The maximum Gasteiger partial charge on any atom is 0.339 e. The molecular weight excluding hydrogens is 478 g/mol. The van der Waals surface area contributed by atoms with Gasteiger partial charge in [0.05, 0.1) is 25.8 Å². The standard InChI is InChI=1S/C29H26F2N2O4/c1-29(2,11-12-32)27-22(13-17-5-8-21(28(34)35)25(14-17)36-3)20-9-6-18(30)15-24(20)33(27)19-7-10-23(31)26(16-19)37-4/h5-10,14-16H,11,13H2,1-4H3,(H,34,35). The lowest BCUT2D eigenvalue weighted by Gasteiger charge is -2.27. The Kier molecular flexibility index (Phi) is 6.90. The normalized spacial score (nSPS) is 11.4. The van der Waals surface area contributed by atoms with Gasteiger partial charge in [0.1, 0.15) is 17.1 Å². The van der Waals surface area contributed by atoms with Crippen LogP contribution in [0.25, 0.3) is 16.6 Å². The molecule has 0 aliphatic rings. The van der Waals surface area contributed by atoms with Crippen LogP contribution in [0.15, 0.2) is 54.6 Å². The number of rotatable bonds is 8. The van der Waals surface area contributed by atoms with Crippen molar-refractivity contribution in [2.75, 3.05) is 14.2 Å². The van der Waals surface area contributed by atoms with Crippen LogP contribution in [-0.4, -0.2) is 29.9 Å². The molecule has 4 aromatic rings. The molecule has 0 radical (unpaired) electrons. The number of nitriles is 1. The van der Waals surface area contributed by atoms with Crippen LogP contribution >= 0.6 is 0 Å². The van der Waals surface area contributed by atoms with E-state index in [0.29, 0.717) is 17.6 Å². The van der Waals surface area contributed by atoms with E-state index in [4.69, 9.17) is 9.47 Å². The Morgan fingerprint density at radius 1 is 1.03 bits per heavy atom. The molecule has 37 heavy (non-hydrogen) atoms. The quantitative estimate of drug-likeness (QED) is 0.300. The first-order valence-electron chi connectivity index (χ1n) is 11.6. The van der Waals surface area contributed by atoms with E-state index in [0.717, 1.165) is 22.2 Å². The summed E-state index contributed by atoms with van der Waals surface area (Å²) >= 11 is 0. The summed E-state index contributed by atoms with van der Waals surface area (Å²) in [5.74, 6) is -1.81. The molecule has 0 unspecified atom stereocenters. The summed E-state index contributed by atoms with van der Waals surface area (Å²) in [6.07, 6.45) is 0.520.